The van der Waals surface area contributed by atoms with Gasteiger partial charge in [-0.2, -0.15) is 0 Å². The van der Waals surface area contributed by atoms with Crippen molar-refractivity contribution in [2.75, 3.05) is 0 Å². The molecule has 1 nitrogen and oxygen atoms in total. The van der Waals surface area contributed by atoms with Gasteiger partial charge in [0.05, 0.1) is 0 Å². The summed E-state index contributed by atoms with van der Waals surface area (Å²) in [5, 5.41) is 0. The van der Waals surface area contributed by atoms with Gasteiger partial charge in [0.15, 0.2) is 0 Å². The molecule has 1 heteroatoms. The van der Waals surface area contributed by atoms with E-state index in [1.54, 1.807) is 0 Å². The minimum absolute atomic E-state index is 0.0245. The van der Waals surface area contributed by atoms with Crippen LogP contribution in [0.1, 0.15) is 66.2 Å². The van der Waals surface area contributed by atoms with E-state index >= 15 is 0 Å². The summed E-state index contributed by atoms with van der Waals surface area (Å²) in [6.45, 7) is 12.4. The fourth-order valence-corrected chi connectivity index (χ4v) is 2.69. The lowest BCUT2D eigenvalue weighted by Crippen LogP contribution is -2.15. The van der Waals surface area contributed by atoms with E-state index in [2.05, 4.69) is 45.6 Å². The summed E-state index contributed by atoms with van der Waals surface area (Å²) in [5.74, 6) is 0.285. The van der Waals surface area contributed by atoms with Gasteiger partial charge in [-0.05, 0) is 59.8 Å². The lowest BCUT2D eigenvalue weighted by Gasteiger charge is -2.15. The van der Waals surface area contributed by atoms with Gasteiger partial charge < -0.3 is 0 Å². The van der Waals surface area contributed by atoms with Gasteiger partial charge in [-0.15, -0.1) is 0 Å². The third-order valence-corrected chi connectivity index (χ3v) is 4.20. The molecule has 1 atom stereocenters. The summed E-state index contributed by atoms with van der Waals surface area (Å²) in [6.07, 6.45) is 12.5. The van der Waals surface area contributed by atoms with Gasteiger partial charge in [0, 0.05) is 12.3 Å². The van der Waals surface area contributed by atoms with Crippen LogP contribution in [0.4, 0.5) is 0 Å². The first-order valence-corrected chi connectivity index (χ1v) is 8.05. The van der Waals surface area contributed by atoms with Crippen LogP contribution in [0, 0.1) is 5.92 Å². The molecule has 1 rings (SSSR count). The molecule has 116 valence electrons. The average Bonchev–Trinajstić information content (AvgIpc) is 2.37. The highest BCUT2D eigenvalue weighted by molar-refractivity contribution is 5.85. The Morgan fingerprint density at radius 1 is 1.00 bits per heavy atom. The van der Waals surface area contributed by atoms with Crippen LogP contribution in [-0.4, -0.2) is 5.78 Å². The van der Waals surface area contributed by atoms with E-state index in [1.165, 1.54) is 16.7 Å². The van der Waals surface area contributed by atoms with E-state index < -0.39 is 0 Å². The van der Waals surface area contributed by atoms with E-state index in [1.807, 2.05) is 6.92 Å². The predicted molar refractivity (Wildman–Crippen MR) is 92.3 cm³/mol. The number of rotatable bonds is 1. The molecule has 0 fully saturated rings. The highest BCUT2D eigenvalue weighted by Crippen LogP contribution is 2.22. The lowest BCUT2D eigenvalue weighted by atomic mass is 9.88. The van der Waals surface area contributed by atoms with Gasteiger partial charge >= 0.3 is 0 Å². The Morgan fingerprint density at radius 2 is 1.52 bits per heavy atom. The zero-order valence-electron chi connectivity index (χ0n) is 14.2. The van der Waals surface area contributed by atoms with Gasteiger partial charge in [0.2, 0.25) is 0 Å². The van der Waals surface area contributed by atoms with E-state index in [-0.39, 0.29) is 5.92 Å². The van der Waals surface area contributed by atoms with Crippen molar-refractivity contribution in [1.29, 1.82) is 0 Å². The molecule has 0 unspecified atom stereocenters. The number of hydrogen-bond donors (Lipinski definition) is 0. The predicted octanol–water partition coefficient (Wildman–Crippen LogP) is 5.94. The second kappa shape index (κ2) is 8.81. The normalized spacial score (nSPS) is 30.2. The van der Waals surface area contributed by atoms with Gasteiger partial charge in [-0.25, -0.2) is 0 Å². The number of carbonyl (C=O) groups is 1. The Labute approximate surface area is 130 Å². The minimum Gasteiger partial charge on any atom is -0.299 e. The van der Waals surface area contributed by atoms with Crippen molar-refractivity contribution in [3.8, 4) is 0 Å². The maximum Gasteiger partial charge on any atom is 0.144 e. The van der Waals surface area contributed by atoms with E-state index in [0.717, 1.165) is 37.7 Å². The number of ketones is 1. The number of Topliss-reactive ketones (excluding diaryl/α,β-unsaturated/α-hetero) is 1. The maximum absolute atomic E-state index is 12.5. The lowest BCUT2D eigenvalue weighted by molar-refractivity contribution is -0.121. The smallest absolute Gasteiger partial charge is 0.144 e. The van der Waals surface area contributed by atoms with E-state index in [0.29, 0.717) is 12.2 Å². The Morgan fingerprint density at radius 3 is 2.10 bits per heavy atom. The topological polar surface area (TPSA) is 17.1 Å². The summed E-state index contributed by atoms with van der Waals surface area (Å²) in [7, 11) is 0. The maximum atomic E-state index is 12.5. The highest BCUT2D eigenvalue weighted by atomic mass is 16.1. The summed E-state index contributed by atoms with van der Waals surface area (Å²) in [5.41, 5.74) is 5.01. The van der Waals surface area contributed by atoms with Crippen LogP contribution in [0.25, 0.3) is 0 Å². The van der Waals surface area contributed by atoms with Crippen molar-refractivity contribution >= 4 is 5.78 Å². The molecule has 0 saturated heterocycles. The molecule has 0 aliphatic heterocycles. The van der Waals surface area contributed by atoms with Crippen molar-refractivity contribution in [3.63, 3.8) is 0 Å². The second-order valence-electron chi connectivity index (χ2n) is 6.51. The van der Waals surface area contributed by atoms with Crippen LogP contribution in [0.3, 0.4) is 0 Å². The molecule has 1 aliphatic carbocycles. The van der Waals surface area contributed by atoms with Crippen LogP contribution in [0.15, 0.2) is 47.1 Å². The number of hydrogen-bond acceptors (Lipinski definition) is 1. The molecular weight excluding hydrogens is 256 g/mol. The molecule has 21 heavy (non-hydrogen) atoms. The van der Waals surface area contributed by atoms with Crippen LogP contribution in [0.2, 0.25) is 0 Å². The molecule has 1 aliphatic rings. The SMILES string of the molecule is C=C(C)[C@@H]1C/C=C(\C)CC/C=C(/C)CC/C=C(\C)CC1=O. The highest BCUT2D eigenvalue weighted by Gasteiger charge is 2.18. The molecule has 0 aromatic rings. The third-order valence-electron chi connectivity index (χ3n) is 4.20. The zero-order valence-corrected chi connectivity index (χ0v) is 14.2. The standard InChI is InChI=1S/C20H30O/c1-15(2)19-13-12-17(4)10-6-8-16(3)9-7-11-18(5)14-20(19)21/h8,11-12,19H,1,6-7,9-10,13-14H2,2-5H3/b16-8-,17-12+,18-11+/t19-/m0/s1. The molecule has 0 aromatic carbocycles. The Hall–Kier alpha value is -1.37. The molecule has 0 aromatic heterocycles. The molecule has 0 amide bonds. The van der Waals surface area contributed by atoms with Crippen LogP contribution in [0.5, 0.6) is 0 Å². The quantitative estimate of drug-likeness (QED) is 0.545. The molecule has 0 bridgehead atoms. The van der Waals surface area contributed by atoms with Crippen LogP contribution >= 0.6 is 0 Å². The van der Waals surface area contributed by atoms with Crippen LogP contribution < -0.4 is 0 Å². The van der Waals surface area contributed by atoms with Crippen LogP contribution in [-0.2, 0) is 4.79 Å². The zero-order chi connectivity index (χ0) is 15.8. The molecule has 0 heterocycles. The molecule has 0 saturated carbocycles. The molecule has 0 spiro atoms. The Bertz CT molecular complexity index is 474. The fraction of sp³-hybridized carbons (Fsp3) is 0.550. The van der Waals surface area contributed by atoms with Gasteiger partial charge in [0.1, 0.15) is 5.78 Å². The van der Waals surface area contributed by atoms with Gasteiger partial charge in [0.25, 0.3) is 0 Å². The minimum atomic E-state index is -0.0245. The first kappa shape index (κ1) is 17.7. The average molecular weight is 286 g/mol. The van der Waals surface area contributed by atoms with Crippen molar-refractivity contribution in [2.45, 2.75) is 66.2 Å². The first-order valence-electron chi connectivity index (χ1n) is 8.05. The fourth-order valence-electron chi connectivity index (χ4n) is 2.69. The monoisotopic (exact) mass is 286 g/mol. The largest absolute Gasteiger partial charge is 0.299 e. The van der Waals surface area contributed by atoms with Gasteiger partial charge in [-0.1, -0.05) is 47.1 Å². The molecular formula is C20H30O. The van der Waals surface area contributed by atoms with Crippen molar-refractivity contribution in [1.82, 2.24) is 0 Å². The third kappa shape index (κ3) is 6.75. The summed E-state index contributed by atoms with van der Waals surface area (Å²) < 4.78 is 0. The van der Waals surface area contributed by atoms with Crippen molar-refractivity contribution < 1.29 is 4.79 Å². The van der Waals surface area contributed by atoms with Crippen molar-refractivity contribution in [2.24, 2.45) is 5.92 Å². The number of carbonyl (C=O) groups excluding carboxylic acids is 1. The number of allylic oxidation sites excluding steroid dienone is 7. The van der Waals surface area contributed by atoms with E-state index in [9.17, 15) is 4.79 Å². The second-order valence-corrected chi connectivity index (χ2v) is 6.51. The van der Waals surface area contributed by atoms with E-state index in [4.69, 9.17) is 0 Å². The molecule has 0 radical (unpaired) electrons. The van der Waals surface area contributed by atoms with Gasteiger partial charge in [-0.3, -0.25) is 4.79 Å². The summed E-state index contributed by atoms with van der Waals surface area (Å²) in [6, 6.07) is 0. The Kier molecular flexibility index (Phi) is 7.42. The Balaban J connectivity index is 2.92. The summed E-state index contributed by atoms with van der Waals surface area (Å²) >= 11 is 0. The molecule has 0 N–H and O–H groups in total. The first-order chi connectivity index (χ1) is 9.90. The summed E-state index contributed by atoms with van der Waals surface area (Å²) in [4.78, 5) is 12.5. The van der Waals surface area contributed by atoms with Crippen molar-refractivity contribution in [3.05, 3.63) is 47.1 Å².